The van der Waals surface area contributed by atoms with E-state index >= 15 is 0 Å². The van der Waals surface area contributed by atoms with Crippen LogP contribution in [0.5, 0.6) is 0 Å². The average Bonchev–Trinajstić information content (AvgIpc) is 2.85. The summed E-state index contributed by atoms with van der Waals surface area (Å²) in [7, 11) is 1.85. The lowest BCUT2D eigenvalue weighted by Gasteiger charge is -2.09. The summed E-state index contributed by atoms with van der Waals surface area (Å²) in [4.78, 5) is 12.0. The van der Waals surface area contributed by atoms with E-state index in [0.717, 1.165) is 18.4 Å². The molecule has 2 aromatic heterocycles. The molecular weight excluding hydrogens is 278 g/mol. The monoisotopic (exact) mass is 295 g/mol. The molecule has 0 radical (unpaired) electrons. The van der Waals surface area contributed by atoms with Crippen LogP contribution < -0.4 is 10.9 Å². The van der Waals surface area contributed by atoms with E-state index in [1.54, 1.807) is 17.1 Å². The van der Waals surface area contributed by atoms with Gasteiger partial charge in [-0.1, -0.05) is 24.9 Å². The van der Waals surface area contributed by atoms with Gasteiger partial charge in [0.15, 0.2) is 0 Å². The van der Waals surface area contributed by atoms with Crippen LogP contribution in [0, 0.1) is 0 Å². The molecule has 2 aromatic rings. The summed E-state index contributed by atoms with van der Waals surface area (Å²) in [6.45, 7) is 3.21. The smallest absolute Gasteiger partial charge is 0.287 e. The van der Waals surface area contributed by atoms with Crippen LogP contribution in [0.4, 0.5) is 5.69 Å². The maximum atomic E-state index is 12.0. The van der Waals surface area contributed by atoms with Gasteiger partial charge in [0.25, 0.3) is 5.56 Å². The Balaban J connectivity index is 2.09. The van der Waals surface area contributed by atoms with E-state index in [4.69, 9.17) is 11.6 Å². The Hall–Kier alpha value is -1.82. The number of unbranched alkanes of at least 4 members (excludes halogenated alkanes) is 1. The van der Waals surface area contributed by atoms with Crippen molar-refractivity contribution in [2.24, 2.45) is 7.05 Å². The van der Waals surface area contributed by atoms with Gasteiger partial charge in [-0.2, -0.15) is 10.2 Å². The van der Waals surface area contributed by atoms with Crippen molar-refractivity contribution in [1.29, 1.82) is 0 Å². The van der Waals surface area contributed by atoms with Crippen LogP contribution in [-0.2, 0) is 20.1 Å². The Morgan fingerprint density at radius 1 is 1.35 bits per heavy atom. The summed E-state index contributed by atoms with van der Waals surface area (Å²) < 4.78 is 3.13. The minimum Gasteiger partial charge on any atom is -0.378 e. The minimum atomic E-state index is -0.253. The molecule has 0 fully saturated rings. The SMILES string of the molecule is CCCCn1ncc(NCc2cnn(C)c2)c(Cl)c1=O. The molecule has 2 rings (SSSR count). The van der Waals surface area contributed by atoms with Crippen LogP contribution in [0.3, 0.4) is 0 Å². The Labute approximate surface area is 122 Å². The number of nitrogens with one attached hydrogen (secondary N) is 1. The molecule has 0 aliphatic heterocycles. The second kappa shape index (κ2) is 6.56. The van der Waals surface area contributed by atoms with Crippen LogP contribution >= 0.6 is 11.6 Å². The van der Waals surface area contributed by atoms with Crippen molar-refractivity contribution in [2.45, 2.75) is 32.9 Å². The first kappa shape index (κ1) is 14.6. The van der Waals surface area contributed by atoms with Gasteiger partial charge in [0.05, 0.1) is 18.1 Å². The fourth-order valence-electron chi connectivity index (χ4n) is 1.82. The van der Waals surface area contributed by atoms with Crippen molar-refractivity contribution in [3.05, 3.63) is 39.5 Å². The third-order valence-electron chi connectivity index (χ3n) is 2.95. The second-order valence-corrected chi connectivity index (χ2v) is 5.01. The quantitative estimate of drug-likeness (QED) is 0.886. The van der Waals surface area contributed by atoms with Crippen molar-refractivity contribution in [1.82, 2.24) is 19.6 Å². The Bertz CT molecular complexity index is 634. The summed E-state index contributed by atoms with van der Waals surface area (Å²) in [5, 5.41) is 11.5. The van der Waals surface area contributed by atoms with E-state index in [9.17, 15) is 4.79 Å². The fourth-order valence-corrected chi connectivity index (χ4v) is 2.03. The van der Waals surface area contributed by atoms with Gasteiger partial charge in [0.1, 0.15) is 5.02 Å². The van der Waals surface area contributed by atoms with Gasteiger partial charge in [-0.25, -0.2) is 4.68 Å². The van der Waals surface area contributed by atoms with Crippen molar-refractivity contribution in [3.63, 3.8) is 0 Å². The van der Waals surface area contributed by atoms with E-state index in [1.807, 2.05) is 13.2 Å². The summed E-state index contributed by atoms with van der Waals surface area (Å²) in [5.74, 6) is 0. The normalized spacial score (nSPS) is 10.8. The van der Waals surface area contributed by atoms with Crippen LogP contribution in [0.15, 0.2) is 23.4 Å². The molecule has 0 amide bonds. The van der Waals surface area contributed by atoms with E-state index < -0.39 is 0 Å². The van der Waals surface area contributed by atoms with Crippen molar-refractivity contribution < 1.29 is 0 Å². The lowest BCUT2D eigenvalue weighted by molar-refractivity contribution is 0.543. The van der Waals surface area contributed by atoms with E-state index in [2.05, 4.69) is 22.4 Å². The first-order chi connectivity index (χ1) is 9.61. The highest BCUT2D eigenvalue weighted by Crippen LogP contribution is 2.16. The molecule has 0 aliphatic rings. The highest BCUT2D eigenvalue weighted by atomic mass is 35.5. The molecular formula is C13H18ClN5O. The van der Waals surface area contributed by atoms with E-state index in [1.165, 1.54) is 4.68 Å². The van der Waals surface area contributed by atoms with Gasteiger partial charge in [-0.15, -0.1) is 0 Å². The first-order valence-electron chi connectivity index (χ1n) is 6.58. The van der Waals surface area contributed by atoms with Crippen LogP contribution in [0.2, 0.25) is 5.02 Å². The molecule has 0 aliphatic carbocycles. The average molecular weight is 296 g/mol. The van der Waals surface area contributed by atoms with Gasteiger partial charge in [0.2, 0.25) is 0 Å². The number of anilines is 1. The molecule has 20 heavy (non-hydrogen) atoms. The van der Waals surface area contributed by atoms with Gasteiger partial charge in [-0.05, 0) is 6.42 Å². The maximum absolute atomic E-state index is 12.0. The van der Waals surface area contributed by atoms with Gasteiger partial charge < -0.3 is 5.32 Å². The van der Waals surface area contributed by atoms with E-state index in [0.29, 0.717) is 18.8 Å². The molecule has 0 spiro atoms. The number of hydrogen-bond acceptors (Lipinski definition) is 4. The zero-order valence-electron chi connectivity index (χ0n) is 11.6. The van der Waals surface area contributed by atoms with Gasteiger partial charge in [0, 0.05) is 31.9 Å². The van der Waals surface area contributed by atoms with Crippen LogP contribution in [0.25, 0.3) is 0 Å². The lowest BCUT2D eigenvalue weighted by atomic mass is 10.3. The molecule has 0 atom stereocenters. The zero-order chi connectivity index (χ0) is 14.5. The number of aromatic nitrogens is 4. The lowest BCUT2D eigenvalue weighted by Crippen LogP contribution is -2.24. The minimum absolute atomic E-state index is 0.181. The van der Waals surface area contributed by atoms with Gasteiger partial charge >= 0.3 is 0 Å². The number of halogens is 1. The first-order valence-corrected chi connectivity index (χ1v) is 6.96. The molecule has 0 saturated heterocycles. The number of rotatable bonds is 6. The molecule has 0 aromatic carbocycles. The topological polar surface area (TPSA) is 64.7 Å². The van der Waals surface area contributed by atoms with Crippen LogP contribution in [-0.4, -0.2) is 19.6 Å². The fraction of sp³-hybridized carbons (Fsp3) is 0.462. The molecule has 0 unspecified atom stereocenters. The molecule has 1 N–H and O–H groups in total. The summed E-state index contributed by atoms with van der Waals surface area (Å²) >= 11 is 6.09. The molecule has 6 nitrogen and oxygen atoms in total. The Morgan fingerprint density at radius 2 is 2.15 bits per heavy atom. The zero-order valence-corrected chi connectivity index (χ0v) is 12.4. The molecule has 108 valence electrons. The molecule has 0 saturated carbocycles. The number of aryl methyl sites for hydroxylation is 2. The molecule has 2 heterocycles. The molecule has 7 heteroatoms. The summed E-state index contributed by atoms with van der Waals surface area (Å²) in [6, 6.07) is 0. The van der Waals surface area contributed by atoms with Crippen molar-refractivity contribution >= 4 is 17.3 Å². The maximum Gasteiger partial charge on any atom is 0.287 e. The van der Waals surface area contributed by atoms with Gasteiger partial charge in [-0.3, -0.25) is 9.48 Å². The van der Waals surface area contributed by atoms with Crippen molar-refractivity contribution in [2.75, 3.05) is 5.32 Å². The second-order valence-electron chi connectivity index (χ2n) is 4.63. The Morgan fingerprint density at radius 3 is 2.80 bits per heavy atom. The summed E-state index contributed by atoms with van der Waals surface area (Å²) in [6.07, 6.45) is 7.17. The molecule has 0 bridgehead atoms. The number of hydrogen-bond donors (Lipinski definition) is 1. The largest absolute Gasteiger partial charge is 0.378 e. The van der Waals surface area contributed by atoms with Crippen molar-refractivity contribution in [3.8, 4) is 0 Å². The standard InChI is InChI=1S/C13H18ClN5O/c1-3-4-5-19-13(20)12(14)11(8-17-19)15-6-10-7-16-18(2)9-10/h7-9,15H,3-6H2,1-2H3. The van der Waals surface area contributed by atoms with E-state index in [-0.39, 0.29) is 10.6 Å². The predicted molar refractivity (Wildman–Crippen MR) is 78.9 cm³/mol. The highest BCUT2D eigenvalue weighted by molar-refractivity contribution is 6.32. The number of nitrogens with zero attached hydrogens (tertiary/aromatic N) is 4. The Kier molecular flexibility index (Phi) is 4.79. The third-order valence-corrected chi connectivity index (χ3v) is 3.31. The third kappa shape index (κ3) is 3.39. The summed E-state index contributed by atoms with van der Waals surface area (Å²) in [5.41, 5.74) is 1.31. The van der Waals surface area contributed by atoms with Crippen LogP contribution in [0.1, 0.15) is 25.3 Å². The highest BCUT2D eigenvalue weighted by Gasteiger charge is 2.09. The predicted octanol–water partition coefficient (Wildman–Crippen LogP) is 2.04.